The van der Waals surface area contributed by atoms with E-state index in [4.69, 9.17) is 0 Å². The van der Waals surface area contributed by atoms with Crippen molar-refractivity contribution in [3.8, 4) is 0 Å². The van der Waals surface area contributed by atoms with Gasteiger partial charge in [-0.15, -0.1) is 11.8 Å². The molecule has 2 rings (SSSR count). The molecule has 0 amide bonds. The van der Waals surface area contributed by atoms with Gasteiger partial charge in [-0.3, -0.25) is 4.98 Å². The second-order valence-electron chi connectivity index (χ2n) is 3.87. The maximum absolute atomic E-state index is 9.35. The van der Waals surface area contributed by atoms with E-state index in [0.717, 1.165) is 10.6 Å². The minimum atomic E-state index is -0.497. The highest BCUT2D eigenvalue weighted by molar-refractivity contribution is 7.98. The molecule has 2 aromatic rings. The molecule has 1 heterocycles. The summed E-state index contributed by atoms with van der Waals surface area (Å²) in [5.41, 5.74) is 2.02. The second kappa shape index (κ2) is 5.84. The molecule has 0 aliphatic rings. The van der Waals surface area contributed by atoms with Crippen LogP contribution in [0, 0.1) is 0 Å². The van der Waals surface area contributed by atoms with Gasteiger partial charge in [0.2, 0.25) is 0 Å². The van der Waals surface area contributed by atoms with Crippen molar-refractivity contribution in [1.29, 1.82) is 0 Å². The predicted molar refractivity (Wildman–Crippen MR) is 70.9 cm³/mol. The van der Waals surface area contributed by atoms with Crippen LogP contribution in [0.1, 0.15) is 24.3 Å². The molecule has 1 aromatic heterocycles. The molecule has 0 saturated carbocycles. The molecule has 0 fully saturated rings. The fourth-order valence-corrected chi connectivity index (χ4v) is 2.28. The Kier molecular flexibility index (Phi) is 4.18. The van der Waals surface area contributed by atoms with Gasteiger partial charge >= 0.3 is 0 Å². The van der Waals surface area contributed by atoms with E-state index in [-0.39, 0.29) is 0 Å². The van der Waals surface area contributed by atoms with E-state index in [1.54, 1.807) is 18.7 Å². The van der Waals surface area contributed by atoms with Crippen molar-refractivity contribution in [3.63, 3.8) is 0 Å². The Morgan fingerprint density at radius 1 is 1.18 bits per heavy atom. The van der Waals surface area contributed by atoms with Gasteiger partial charge in [-0.05, 0) is 24.6 Å². The number of benzene rings is 1. The summed E-state index contributed by atoms with van der Waals surface area (Å²) < 4.78 is 0. The fourth-order valence-electron chi connectivity index (χ4n) is 1.47. The maximum Gasteiger partial charge on any atom is 0.0931 e. The third-order valence-corrected chi connectivity index (χ3v) is 3.49. The minimum Gasteiger partial charge on any atom is -0.387 e. The number of thioether (sulfide) groups is 1. The van der Waals surface area contributed by atoms with E-state index in [1.807, 2.05) is 36.5 Å². The van der Waals surface area contributed by atoms with Crippen molar-refractivity contribution < 1.29 is 5.11 Å². The van der Waals surface area contributed by atoms with Crippen LogP contribution in [-0.2, 0) is 5.75 Å². The van der Waals surface area contributed by atoms with Gasteiger partial charge in [-0.2, -0.15) is 0 Å². The molecule has 1 aromatic carbocycles. The molecule has 2 nitrogen and oxygen atoms in total. The lowest BCUT2D eigenvalue weighted by Crippen LogP contribution is -1.94. The molecule has 0 bridgehead atoms. The monoisotopic (exact) mass is 245 g/mol. The SMILES string of the molecule is C[C@H](O)c1ccc(SCc2ccccc2)cn1. The van der Waals surface area contributed by atoms with Crippen LogP contribution in [-0.4, -0.2) is 10.1 Å². The number of hydrogen-bond donors (Lipinski definition) is 1. The molecule has 0 radical (unpaired) electrons. The lowest BCUT2D eigenvalue weighted by Gasteiger charge is -2.05. The van der Waals surface area contributed by atoms with Crippen molar-refractivity contribution in [2.75, 3.05) is 0 Å². The summed E-state index contributed by atoms with van der Waals surface area (Å²) in [5.74, 6) is 0.941. The number of hydrogen-bond acceptors (Lipinski definition) is 3. The van der Waals surface area contributed by atoms with Crippen molar-refractivity contribution in [2.24, 2.45) is 0 Å². The average molecular weight is 245 g/mol. The lowest BCUT2D eigenvalue weighted by molar-refractivity contribution is 0.194. The number of aliphatic hydroxyl groups excluding tert-OH is 1. The number of pyridine rings is 1. The Hall–Kier alpha value is -1.32. The number of rotatable bonds is 4. The van der Waals surface area contributed by atoms with Gasteiger partial charge in [0.05, 0.1) is 11.8 Å². The summed E-state index contributed by atoms with van der Waals surface area (Å²) in [7, 11) is 0. The number of aromatic nitrogens is 1. The molecular weight excluding hydrogens is 230 g/mol. The van der Waals surface area contributed by atoms with Crippen LogP contribution in [0.15, 0.2) is 53.6 Å². The van der Waals surface area contributed by atoms with Crippen LogP contribution < -0.4 is 0 Å². The van der Waals surface area contributed by atoms with Crippen LogP contribution in [0.2, 0.25) is 0 Å². The molecular formula is C14H15NOS. The molecule has 3 heteroatoms. The van der Waals surface area contributed by atoms with Gasteiger partial charge in [0, 0.05) is 16.8 Å². The fraction of sp³-hybridized carbons (Fsp3) is 0.214. The topological polar surface area (TPSA) is 33.1 Å². The van der Waals surface area contributed by atoms with Gasteiger partial charge in [-0.1, -0.05) is 30.3 Å². The first kappa shape index (κ1) is 12.1. The summed E-state index contributed by atoms with van der Waals surface area (Å²) >= 11 is 1.75. The van der Waals surface area contributed by atoms with Crippen molar-refractivity contribution in [2.45, 2.75) is 23.7 Å². The second-order valence-corrected chi connectivity index (χ2v) is 4.92. The van der Waals surface area contributed by atoms with E-state index in [1.165, 1.54) is 5.56 Å². The van der Waals surface area contributed by atoms with E-state index in [2.05, 4.69) is 17.1 Å². The summed E-state index contributed by atoms with van der Waals surface area (Å²) in [6.07, 6.45) is 1.32. The standard InChI is InChI=1S/C14H15NOS/c1-11(16)14-8-7-13(9-15-14)17-10-12-5-3-2-4-6-12/h2-9,11,16H,10H2,1H3/t11-/m0/s1. The minimum absolute atomic E-state index is 0.497. The Labute approximate surface area is 106 Å². The van der Waals surface area contributed by atoms with Crippen molar-refractivity contribution >= 4 is 11.8 Å². The molecule has 1 N–H and O–H groups in total. The van der Waals surface area contributed by atoms with Crippen LogP contribution in [0.5, 0.6) is 0 Å². The Morgan fingerprint density at radius 2 is 1.94 bits per heavy atom. The Bertz CT molecular complexity index is 453. The zero-order chi connectivity index (χ0) is 12.1. The summed E-state index contributed by atoms with van der Waals surface area (Å²) in [4.78, 5) is 5.34. The number of nitrogens with zero attached hydrogens (tertiary/aromatic N) is 1. The zero-order valence-corrected chi connectivity index (χ0v) is 10.5. The Balaban J connectivity index is 1.96. The van der Waals surface area contributed by atoms with E-state index < -0.39 is 6.10 Å². The van der Waals surface area contributed by atoms with Crippen molar-refractivity contribution in [3.05, 3.63) is 59.9 Å². The first-order valence-corrected chi connectivity index (χ1v) is 6.55. The van der Waals surface area contributed by atoms with Gasteiger partial charge in [0.1, 0.15) is 0 Å². The summed E-state index contributed by atoms with van der Waals surface area (Å²) in [6.45, 7) is 1.72. The molecule has 0 spiro atoms. The maximum atomic E-state index is 9.35. The highest BCUT2D eigenvalue weighted by Crippen LogP contribution is 2.22. The first-order chi connectivity index (χ1) is 8.25. The highest BCUT2D eigenvalue weighted by atomic mass is 32.2. The van der Waals surface area contributed by atoms with Crippen LogP contribution in [0.25, 0.3) is 0 Å². The van der Waals surface area contributed by atoms with Gasteiger partial charge in [0.25, 0.3) is 0 Å². The van der Waals surface area contributed by atoms with E-state index in [9.17, 15) is 5.11 Å². The molecule has 0 aliphatic heterocycles. The smallest absolute Gasteiger partial charge is 0.0931 e. The van der Waals surface area contributed by atoms with Gasteiger partial charge in [0.15, 0.2) is 0 Å². The number of aliphatic hydroxyl groups is 1. The molecule has 0 unspecified atom stereocenters. The quantitative estimate of drug-likeness (QED) is 0.838. The summed E-state index contributed by atoms with van der Waals surface area (Å²) in [6, 6.07) is 14.2. The average Bonchev–Trinajstić information content (AvgIpc) is 2.38. The molecule has 0 aliphatic carbocycles. The normalized spacial score (nSPS) is 12.4. The predicted octanol–water partition coefficient (Wildman–Crippen LogP) is 3.43. The third-order valence-electron chi connectivity index (χ3n) is 2.44. The van der Waals surface area contributed by atoms with Crippen LogP contribution >= 0.6 is 11.8 Å². The van der Waals surface area contributed by atoms with E-state index >= 15 is 0 Å². The van der Waals surface area contributed by atoms with Gasteiger partial charge in [-0.25, -0.2) is 0 Å². The highest BCUT2D eigenvalue weighted by Gasteiger charge is 2.02. The zero-order valence-electron chi connectivity index (χ0n) is 9.71. The largest absolute Gasteiger partial charge is 0.387 e. The van der Waals surface area contributed by atoms with Crippen LogP contribution in [0.4, 0.5) is 0 Å². The lowest BCUT2D eigenvalue weighted by atomic mass is 10.2. The molecule has 17 heavy (non-hydrogen) atoms. The summed E-state index contributed by atoms with van der Waals surface area (Å²) in [5, 5.41) is 9.35. The van der Waals surface area contributed by atoms with E-state index in [0.29, 0.717) is 5.69 Å². The molecule has 88 valence electrons. The van der Waals surface area contributed by atoms with Crippen molar-refractivity contribution in [1.82, 2.24) is 4.98 Å². The first-order valence-electron chi connectivity index (χ1n) is 5.56. The third kappa shape index (κ3) is 3.58. The Morgan fingerprint density at radius 3 is 2.53 bits per heavy atom. The van der Waals surface area contributed by atoms with Gasteiger partial charge < -0.3 is 5.11 Å². The van der Waals surface area contributed by atoms with Crippen LogP contribution in [0.3, 0.4) is 0 Å². The molecule has 1 atom stereocenters. The molecule has 0 saturated heterocycles.